The van der Waals surface area contributed by atoms with Crippen LogP contribution in [-0.2, 0) is 16.1 Å². The molecule has 0 radical (unpaired) electrons. The molecule has 0 atom stereocenters. The number of aromatic nitrogens is 1. The Morgan fingerprint density at radius 1 is 1.12 bits per heavy atom. The molecular weight excluding hydrogens is 454 g/mol. The Labute approximate surface area is 204 Å². The molecular formula is C25H31N3O3S2. The van der Waals surface area contributed by atoms with Crippen molar-refractivity contribution in [2.45, 2.75) is 45.6 Å². The Hall–Kier alpha value is -2.16. The lowest BCUT2D eigenvalue weighted by Gasteiger charge is -2.27. The van der Waals surface area contributed by atoms with Crippen molar-refractivity contribution in [1.29, 1.82) is 0 Å². The molecule has 0 spiro atoms. The first-order chi connectivity index (χ1) is 16.1. The zero-order valence-electron chi connectivity index (χ0n) is 19.3. The lowest BCUT2D eigenvalue weighted by Crippen LogP contribution is -2.31. The highest BCUT2D eigenvalue weighted by Crippen LogP contribution is 2.36. The van der Waals surface area contributed by atoms with Crippen LogP contribution in [0.1, 0.15) is 44.6 Å². The van der Waals surface area contributed by atoms with E-state index in [4.69, 9.17) is 17.0 Å². The van der Waals surface area contributed by atoms with Crippen LogP contribution in [0, 0.1) is 0 Å². The fraction of sp³-hybridized carbons (Fsp3) is 0.480. The van der Waals surface area contributed by atoms with Gasteiger partial charge in [-0.15, -0.1) is 0 Å². The van der Waals surface area contributed by atoms with E-state index < -0.39 is 0 Å². The molecule has 33 heavy (non-hydrogen) atoms. The van der Waals surface area contributed by atoms with Crippen molar-refractivity contribution in [1.82, 2.24) is 9.47 Å². The summed E-state index contributed by atoms with van der Waals surface area (Å²) in [4.78, 5) is 31.4. The van der Waals surface area contributed by atoms with Gasteiger partial charge in [0.05, 0.1) is 21.7 Å². The number of para-hydroxylation sites is 1. The Morgan fingerprint density at radius 3 is 2.55 bits per heavy atom. The van der Waals surface area contributed by atoms with Gasteiger partial charge in [-0.3, -0.25) is 14.5 Å². The fourth-order valence-electron chi connectivity index (χ4n) is 4.68. The van der Waals surface area contributed by atoms with Crippen LogP contribution in [-0.4, -0.2) is 53.0 Å². The molecule has 1 amide bonds. The molecule has 0 saturated carbocycles. The van der Waals surface area contributed by atoms with Crippen LogP contribution in [0.15, 0.2) is 34.0 Å². The lowest BCUT2D eigenvalue weighted by molar-refractivity contribution is -0.122. The number of amides is 1. The van der Waals surface area contributed by atoms with E-state index in [-0.39, 0.29) is 11.5 Å². The zero-order valence-corrected chi connectivity index (χ0v) is 21.0. The highest BCUT2D eigenvalue weighted by Gasteiger charge is 2.32. The standard InChI is InChI=1S/C25H31N3O3S2/c1-3-27-20-12-7-6-11-18(20)22(26-13-8-4-5-9-14-26)19(23(27)29)17-21-24(30)28(25(32)33-21)15-10-16-31-2/h6-7,11-12,17H,3-5,8-10,13-16H2,1-2H3. The summed E-state index contributed by atoms with van der Waals surface area (Å²) in [7, 11) is 1.65. The second-order valence-electron chi connectivity index (χ2n) is 8.41. The molecule has 2 aliphatic heterocycles. The number of pyridine rings is 1. The van der Waals surface area contributed by atoms with Crippen molar-refractivity contribution >= 4 is 56.9 Å². The number of benzene rings is 1. The van der Waals surface area contributed by atoms with Crippen LogP contribution in [0.5, 0.6) is 0 Å². The number of carbonyl (C=O) groups excluding carboxylic acids is 1. The largest absolute Gasteiger partial charge is 0.385 e. The molecule has 0 aliphatic carbocycles. The van der Waals surface area contributed by atoms with Crippen molar-refractivity contribution in [2.24, 2.45) is 0 Å². The first-order valence-electron chi connectivity index (χ1n) is 11.7. The number of methoxy groups -OCH3 is 1. The van der Waals surface area contributed by atoms with Crippen LogP contribution in [0.25, 0.3) is 17.0 Å². The molecule has 0 unspecified atom stereocenters. The maximum atomic E-state index is 13.7. The molecule has 2 aliphatic rings. The molecule has 176 valence electrons. The molecule has 6 nitrogen and oxygen atoms in total. The Morgan fingerprint density at radius 2 is 1.85 bits per heavy atom. The van der Waals surface area contributed by atoms with Crippen LogP contribution in [0.4, 0.5) is 5.69 Å². The van der Waals surface area contributed by atoms with Crippen molar-refractivity contribution in [3.05, 3.63) is 45.1 Å². The van der Waals surface area contributed by atoms with E-state index >= 15 is 0 Å². The Balaban J connectivity index is 1.85. The van der Waals surface area contributed by atoms with E-state index in [1.54, 1.807) is 18.1 Å². The molecule has 1 aromatic carbocycles. The van der Waals surface area contributed by atoms with Crippen molar-refractivity contribution in [3.8, 4) is 0 Å². The number of ether oxygens (including phenoxy) is 1. The third-order valence-electron chi connectivity index (χ3n) is 6.30. The summed E-state index contributed by atoms with van der Waals surface area (Å²) in [6.07, 6.45) is 7.12. The third-order valence-corrected chi connectivity index (χ3v) is 7.68. The summed E-state index contributed by atoms with van der Waals surface area (Å²) in [5.41, 5.74) is 2.43. The van der Waals surface area contributed by atoms with E-state index in [2.05, 4.69) is 11.0 Å². The maximum Gasteiger partial charge on any atom is 0.266 e. The van der Waals surface area contributed by atoms with Gasteiger partial charge in [-0.25, -0.2) is 0 Å². The van der Waals surface area contributed by atoms with E-state index in [0.29, 0.717) is 40.9 Å². The summed E-state index contributed by atoms with van der Waals surface area (Å²) < 4.78 is 7.46. The molecule has 2 saturated heterocycles. The monoisotopic (exact) mass is 485 g/mol. The summed E-state index contributed by atoms with van der Waals surface area (Å²) in [6, 6.07) is 8.10. The van der Waals surface area contributed by atoms with Crippen molar-refractivity contribution < 1.29 is 9.53 Å². The number of thioether (sulfide) groups is 1. The molecule has 0 N–H and O–H groups in total. The number of carbonyl (C=O) groups is 1. The number of rotatable bonds is 7. The average molecular weight is 486 g/mol. The summed E-state index contributed by atoms with van der Waals surface area (Å²) in [5.74, 6) is -0.126. The zero-order chi connectivity index (χ0) is 23.4. The number of anilines is 1. The molecule has 1 aromatic heterocycles. The molecule has 3 heterocycles. The van der Waals surface area contributed by atoms with Gasteiger partial charge in [0.15, 0.2) is 0 Å². The highest BCUT2D eigenvalue weighted by molar-refractivity contribution is 8.26. The Bertz CT molecular complexity index is 1130. The minimum absolute atomic E-state index is 0.0555. The quantitative estimate of drug-likeness (QED) is 0.324. The van der Waals surface area contributed by atoms with Gasteiger partial charge >= 0.3 is 0 Å². The topological polar surface area (TPSA) is 54.8 Å². The normalized spacial score (nSPS) is 18.5. The average Bonchev–Trinajstić information content (AvgIpc) is 2.99. The first-order valence-corrected chi connectivity index (χ1v) is 12.9. The van der Waals surface area contributed by atoms with Gasteiger partial charge in [-0.05, 0) is 38.3 Å². The Kier molecular flexibility index (Phi) is 7.88. The van der Waals surface area contributed by atoms with Gasteiger partial charge in [-0.1, -0.05) is 55.0 Å². The fourth-order valence-corrected chi connectivity index (χ4v) is 5.97. The number of aryl methyl sites for hydroxylation is 1. The SMILES string of the molecule is CCn1c(=O)c(C=C2SC(=S)N(CCCOC)C2=O)c(N2CCCCCC2)c2ccccc21. The molecule has 0 bridgehead atoms. The highest BCUT2D eigenvalue weighted by atomic mass is 32.2. The molecule has 2 fully saturated rings. The van der Waals surface area contributed by atoms with Crippen LogP contribution < -0.4 is 10.5 Å². The van der Waals surface area contributed by atoms with E-state index in [9.17, 15) is 9.59 Å². The summed E-state index contributed by atoms with van der Waals surface area (Å²) in [6.45, 7) is 5.47. The minimum Gasteiger partial charge on any atom is -0.385 e. The third kappa shape index (κ3) is 4.88. The predicted octanol–water partition coefficient (Wildman–Crippen LogP) is 4.64. The predicted molar refractivity (Wildman–Crippen MR) is 141 cm³/mol. The van der Waals surface area contributed by atoms with Gasteiger partial charge in [0.1, 0.15) is 4.32 Å². The van der Waals surface area contributed by atoms with Crippen LogP contribution in [0.2, 0.25) is 0 Å². The first kappa shape index (κ1) is 24.0. The second kappa shape index (κ2) is 10.8. The van der Waals surface area contributed by atoms with Gasteiger partial charge in [0.25, 0.3) is 11.5 Å². The number of hydrogen-bond acceptors (Lipinski definition) is 6. The van der Waals surface area contributed by atoms with E-state index in [1.807, 2.05) is 29.7 Å². The van der Waals surface area contributed by atoms with Crippen molar-refractivity contribution in [3.63, 3.8) is 0 Å². The van der Waals surface area contributed by atoms with Crippen molar-refractivity contribution in [2.75, 3.05) is 38.3 Å². The van der Waals surface area contributed by atoms with Crippen LogP contribution >= 0.6 is 24.0 Å². The molecule has 4 rings (SSSR count). The summed E-state index contributed by atoms with van der Waals surface area (Å²) >= 11 is 6.77. The van der Waals surface area contributed by atoms with E-state index in [1.165, 1.54) is 24.6 Å². The number of thiocarbonyl (C=S) groups is 1. The number of hydrogen-bond donors (Lipinski definition) is 0. The smallest absolute Gasteiger partial charge is 0.266 e. The van der Waals surface area contributed by atoms with Gasteiger partial charge in [0, 0.05) is 45.3 Å². The minimum atomic E-state index is -0.126. The van der Waals surface area contributed by atoms with Crippen LogP contribution in [0.3, 0.4) is 0 Å². The van der Waals surface area contributed by atoms with Gasteiger partial charge in [0.2, 0.25) is 0 Å². The molecule has 2 aromatic rings. The number of fused-ring (bicyclic) bond motifs is 1. The maximum absolute atomic E-state index is 13.7. The molecule has 8 heteroatoms. The number of nitrogens with zero attached hydrogens (tertiary/aromatic N) is 3. The lowest BCUT2D eigenvalue weighted by atomic mass is 10.1. The summed E-state index contributed by atoms with van der Waals surface area (Å²) in [5, 5.41) is 1.06. The van der Waals surface area contributed by atoms with Gasteiger partial charge in [-0.2, -0.15) is 0 Å². The second-order valence-corrected chi connectivity index (χ2v) is 10.1. The van der Waals surface area contributed by atoms with Gasteiger partial charge < -0.3 is 14.2 Å². The van der Waals surface area contributed by atoms with E-state index in [0.717, 1.165) is 42.5 Å².